The Labute approximate surface area is 322 Å². The smallest absolute Gasteiger partial charge is 0.115 e. The van der Waals surface area contributed by atoms with Gasteiger partial charge in [0.25, 0.3) is 0 Å². The molecule has 52 heavy (non-hydrogen) atoms. The van der Waals surface area contributed by atoms with Crippen molar-refractivity contribution in [2.24, 2.45) is 5.92 Å². The van der Waals surface area contributed by atoms with Crippen LogP contribution in [0.2, 0.25) is 0 Å². The SMILES string of the molecule is Cc1cccc(-c2[c-]cccc2)n1.Cc1ccnc(-c2[c-]ccc3c4ccccc4n(CC(C)C)c23)c1.[CH2-][n+]1c(C)cccc1-c1[c-]cccc1.[Ir]. The summed E-state index contributed by atoms with van der Waals surface area (Å²) in [6.07, 6.45) is 1.88. The van der Waals surface area contributed by atoms with Gasteiger partial charge in [0, 0.05) is 51.1 Å². The zero-order valence-electron chi connectivity index (χ0n) is 30.4. The summed E-state index contributed by atoms with van der Waals surface area (Å²) in [5.41, 5.74) is 12.2. The topological polar surface area (TPSA) is 34.6 Å². The van der Waals surface area contributed by atoms with Crippen molar-refractivity contribution in [3.8, 4) is 33.8 Å². The number of fused-ring (bicyclic) bond motifs is 3. The minimum Gasteiger partial charge on any atom is -0.380 e. The first-order chi connectivity index (χ1) is 24.8. The normalized spacial score (nSPS) is 10.6. The maximum atomic E-state index is 4.61. The second-order valence-corrected chi connectivity index (χ2v) is 13.1. The molecule has 263 valence electrons. The molecule has 0 aliphatic carbocycles. The van der Waals surface area contributed by atoms with Crippen molar-refractivity contribution in [2.45, 2.75) is 41.2 Å². The van der Waals surface area contributed by atoms with Crippen molar-refractivity contribution in [3.63, 3.8) is 0 Å². The number of para-hydroxylation sites is 1. The third-order valence-corrected chi connectivity index (χ3v) is 8.61. The van der Waals surface area contributed by atoms with Gasteiger partial charge in [-0.15, -0.1) is 90.0 Å². The van der Waals surface area contributed by atoms with Crippen LogP contribution in [0.5, 0.6) is 0 Å². The van der Waals surface area contributed by atoms with Crippen LogP contribution in [0.15, 0.2) is 140 Å². The van der Waals surface area contributed by atoms with Gasteiger partial charge in [0.05, 0.1) is 5.69 Å². The Hall–Kier alpha value is -5.35. The second kappa shape index (κ2) is 17.7. The van der Waals surface area contributed by atoms with E-state index in [0.29, 0.717) is 5.92 Å². The minimum absolute atomic E-state index is 0. The van der Waals surface area contributed by atoms with Gasteiger partial charge in [-0.05, 0) is 73.2 Å². The Morgan fingerprint density at radius 2 is 1.40 bits per heavy atom. The summed E-state index contributed by atoms with van der Waals surface area (Å²) < 4.78 is 4.36. The Morgan fingerprint density at radius 1 is 0.692 bits per heavy atom. The van der Waals surface area contributed by atoms with Crippen molar-refractivity contribution in [1.82, 2.24) is 14.5 Å². The van der Waals surface area contributed by atoms with Crippen LogP contribution in [0.1, 0.15) is 30.8 Å². The summed E-state index contributed by atoms with van der Waals surface area (Å²) in [5.74, 6) is 0.572. The fourth-order valence-corrected chi connectivity index (χ4v) is 6.15. The molecule has 0 spiro atoms. The fraction of sp³-hybridized carbons (Fsp3) is 0.149. The summed E-state index contributed by atoms with van der Waals surface area (Å²) in [6, 6.07) is 54.7. The zero-order chi connectivity index (χ0) is 35.7. The van der Waals surface area contributed by atoms with Crippen molar-refractivity contribution in [2.75, 3.05) is 0 Å². The minimum atomic E-state index is 0. The molecule has 0 aliphatic rings. The van der Waals surface area contributed by atoms with Crippen LogP contribution >= 0.6 is 0 Å². The maximum absolute atomic E-state index is 4.61. The van der Waals surface area contributed by atoms with E-state index in [1.807, 2.05) is 122 Å². The van der Waals surface area contributed by atoms with E-state index in [2.05, 4.69) is 97.0 Å². The second-order valence-electron chi connectivity index (χ2n) is 13.1. The molecule has 4 aromatic heterocycles. The van der Waals surface area contributed by atoms with Gasteiger partial charge < -0.3 is 19.1 Å². The van der Waals surface area contributed by atoms with Crippen LogP contribution in [0, 0.1) is 51.9 Å². The van der Waals surface area contributed by atoms with Crippen molar-refractivity contribution in [1.29, 1.82) is 0 Å². The van der Waals surface area contributed by atoms with Gasteiger partial charge >= 0.3 is 0 Å². The molecular formula is C47H43IrN4-3. The summed E-state index contributed by atoms with van der Waals surface area (Å²) >= 11 is 0. The largest absolute Gasteiger partial charge is 0.380 e. The number of aryl methyl sites for hydroxylation is 3. The summed E-state index contributed by atoms with van der Waals surface area (Å²) in [7, 11) is 3.99. The van der Waals surface area contributed by atoms with Gasteiger partial charge in [-0.2, -0.15) is 0 Å². The van der Waals surface area contributed by atoms with Gasteiger partial charge in [0.1, 0.15) is 5.69 Å². The number of hydrogen-bond donors (Lipinski definition) is 0. The molecular weight excluding hydrogens is 813 g/mol. The molecule has 1 radical (unpaired) electrons. The van der Waals surface area contributed by atoms with E-state index in [0.717, 1.165) is 51.7 Å². The van der Waals surface area contributed by atoms with Gasteiger partial charge in [-0.25, -0.2) is 0 Å². The predicted molar refractivity (Wildman–Crippen MR) is 211 cm³/mol. The summed E-state index contributed by atoms with van der Waals surface area (Å²) in [4.78, 5) is 9.02. The standard InChI is InChI=1S/C22H21N2.C13H12N.C12H10N.Ir/c1-15(2)14-24-21-10-5-4-7-17(21)18-8-6-9-19(22(18)24)20-13-16(3)11-12-23-20;1-11-7-6-10-13(14(11)2)12-8-4-3-5-9-12;1-10-6-5-9-12(13-10)11-7-3-2-4-8-11;/h4-8,10-13,15H,14H2,1-3H3;3-8,10H,2H2,1H3;2-7,9H,1H3;/q3*-1;. The first kappa shape index (κ1) is 37.9. The molecule has 4 heterocycles. The quantitative estimate of drug-likeness (QED) is 0.128. The summed E-state index contributed by atoms with van der Waals surface area (Å²) in [5, 5.41) is 2.58. The molecule has 0 saturated carbocycles. The van der Waals surface area contributed by atoms with E-state index >= 15 is 0 Å². The number of aromatic nitrogens is 4. The number of hydrogen-bond acceptors (Lipinski definition) is 2. The van der Waals surface area contributed by atoms with Gasteiger partial charge in [-0.1, -0.05) is 78.9 Å². The van der Waals surface area contributed by atoms with Crippen LogP contribution in [0.4, 0.5) is 0 Å². The van der Waals surface area contributed by atoms with Crippen LogP contribution in [-0.2, 0) is 26.7 Å². The van der Waals surface area contributed by atoms with E-state index in [9.17, 15) is 0 Å². The molecule has 0 atom stereocenters. The molecule has 0 fully saturated rings. The predicted octanol–water partition coefficient (Wildman–Crippen LogP) is 10.9. The molecule has 0 saturated heterocycles. The number of pyridine rings is 3. The van der Waals surface area contributed by atoms with Crippen molar-refractivity contribution in [3.05, 3.63) is 182 Å². The average molecular weight is 856 g/mol. The number of rotatable bonds is 5. The summed E-state index contributed by atoms with van der Waals surface area (Å²) in [6.45, 7) is 11.7. The molecule has 4 aromatic carbocycles. The van der Waals surface area contributed by atoms with Crippen LogP contribution in [0.25, 0.3) is 55.6 Å². The van der Waals surface area contributed by atoms with E-state index in [4.69, 9.17) is 0 Å². The monoisotopic (exact) mass is 856 g/mol. The van der Waals surface area contributed by atoms with E-state index in [-0.39, 0.29) is 20.1 Å². The Bertz CT molecular complexity index is 2360. The number of nitrogens with zero attached hydrogens (tertiary/aromatic N) is 4. The zero-order valence-corrected chi connectivity index (χ0v) is 32.8. The van der Waals surface area contributed by atoms with Gasteiger partial charge in [0.2, 0.25) is 0 Å². The Kier molecular flexibility index (Phi) is 12.9. The molecule has 8 aromatic rings. The molecule has 0 unspecified atom stereocenters. The van der Waals surface area contributed by atoms with E-state index < -0.39 is 0 Å². The molecule has 0 N–H and O–H groups in total. The molecule has 8 rings (SSSR count). The maximum Gasteiger partial charge on any atom is 0.115 e. The first-order valence-electron chi connectivity index (χ1n) is 17.3. The third-order valence-electron chi connectivity index (χ3n) is 8.61. The Morgan fingerprint density at radius 3 is 2.10 bits per heavy atom. The fourth-order valence-electron chi connectivity index (χ4n) is 6.15. The van der Waals surface area contributed by atoms with Crippen LogP contribution in [0.3, 0.4) is 0 Å². The van der Waals surface area contributed by atoms with Gasteiger partial charge in [0.15, 0.2) is 0 Å². The van der Waals surface area contributed by atoms with Crippen molar-refractivity contribution >= 4 is 21.8 Å². The average Bonchev–Trinajstić information content (AvgIpc) is 3.47. The molecule has 0 aliphatic heterocycles. The molecule has 0 amide bonds. The first-order valence-corrected chi connectivity index (χ1v) is 17.3. The third kappa shape index (κ3) is 8.92. The van der Waals surface area contributed by atoms with Crippen LogP contribution < -0.4 is 4.57 Å². The molecule has 5 heteroatoms. The van der Waals surface area contributed by atoms with E-state index in [1.165, 1.54) is 27.4 Å². The van der Waals surface area contributed by atoms with Crippen molar-refractivity contribution < 1.29 is 24.7 Å². The van der Waals surface area contributed by atoms with E-state index in [1.54, 1.807) is 0 Å². The van der Waals surface area contributed by atoms with Crippen LogP contribution in [-0.4, -0.2) is 14.5 Å². The Balaban J connectivity index is 0.000000160. The molecule has 4 nitrogen and oxygen atoms in total. The number of benzene rings is 4. The van der Waals surface area contributed by atoms with Gasteiger partial charge in [-0.3, -0.25) is 0 Å². The molecule has 0 bridgehead atoms.